The van der Waals surface area contributed by atoms with E-state index in [0.717, 1.165) is 39.3 Å². The van der Waals surface area contributed by atoms with Crippen LogP contribution in [0.2, 0.25) is 0 Å². The van der Waals surface area contributed by atoms with E-state index in [-0.39, 0.29) is 6.80 Å². The molecule has 3 nitrogen and oxygen atoms in total. The summed E-state index contributed by atoms with van der Waals surface area (Å²) in [7, 11) is 0. The molecule has 1 saturated heterocycles. The number of hydrogen-bond acceptors (Lipinski definition) is 3. The van der Waals surface area contributed by atoms with Crippen molar-refractivity contribution in [1.82, 2.24) is 15.5 Å². The summed E-state index contributed by atoms with van der Waals surface area (Å²) >= 11 is 0. The van der Waals surface area contributed by atoms with Crippen molar-refractivity contribution < 1.29 is 4.39 Å². The van der Waals surface area contributed by atoms with Gasteiger partial charge in [-0.15, -0.1) is 0 Å². The molecule has 1 heterocycles. The van der Waals surface area contributed by atoms with E-state index >= 15 is 0 Å². The molecule has 0 aromatic rings. The van der Waals surface area contributed by atoms with Gasteiger partial charge in [-0.05, 0) is 0 Å². The molecule has 0 aromatic carbocycles. The van der Waals surface area contributed by atoms with Crippen LogP contribution in [0, 0.1) is 0 Å². The van der Waals surface area contributed by atoms with Crippen molar-refractivity contribution in [1.29, 1.82) is 0 Å². The molecule has 0 spiro atoms. The fourth-order valence-corrected chi connectivity index (χ4v) is 1.13. The molecule has 0 aliphatic carbocycles. The average Bonchev–Trinajstić information content (AvgIpc) is 2.16. The first-order chi connectivity index (χ1) is 5.43. The molecule has 0 aromatic heterocycles. The van der Waals surface area contributed by atoms with E-state index in [1.165, 1.54) is 0 Å². The van der Waals surface area contributed by atoms with Crippen molar-refractivity contribution in [2.24, 2.45) is 0 Å². The van der Waals surface area contributed by atoms with Crippen LogP contribution in [0.3, 0.4) is 0 Å². The Hall–Kier alpha value is -0.190. The standard InChI is InChI=1S/C7H16FN3/c8-7-11-5-3-9-1-2-10-4-6-11/h9-10H,1-7H2. The summed E-state index contributed by atoms with van der Waals surface area (Å²) in [6, 6.07) is 0. The van der Waals surface area contributed by atoms with Crippen LogP contribution in [0.4, 0.5) is 4.39 Å². The van der Waals surface area contributed by atoms with Crippen LogP contribution in [-0.4, -0.2) is 51.0 Å². The maximum Gasteiger partial charge on any atom is 0.143 e. The Kier molecular flexibility index (Phi) is 4.42. The highest BCUT2D eigenvalue weighted by Crippen LogP contribution is 1.87. The van der Waals surface area contributed by atoms with Gasteiger partial charge in [0.1, 0.15) is 6.80 Å². The van der Waals surface area contributed by atoms with E-state index in [0.29, 0.717) is 0 Å². The molecule has 1 fully saturated rings. The molecule has 66 valence electrons. The highest BCUT2D eigenvalue weighted by Gasteiger charge is 2.04. The van der Waals surface area contributed by atoms with Gasteiger partial charge in [-0.25, -0.2) is 4.39 Å². The lowest BCUT2D eigenvalue weighted by molar-refractivity contribution is 0.190. The molecule has 1 rings (SSSR count). The molecule has 0 unspecified atom stereocenters. The van der Waals surface area contributed by atoms with E-state index < -0.39 is 0 Å². The second-order valence-electron chi connectivity index (χ2n) is 2.74. The molecule has 0 bridgehead atoms. The Labute approximate surface area is 66.9 Å². The van der Waals surface area contributed by atoms with Crippen LogP contribution < -0.4 is 10.6 Å². The molecule has 0 amide bonds. The lowest BCUT2D eigenvalue weighted by Gasteiger charge is -2.16. The first kappa shape index (κ1) is 8.90. The maximum absolute atomic E-state index is 12.2. The van der Waals surface area contributed by atoms with Crippen molar-refractivity contribution in [3.63, 3.8) is 0 Å². The molecule has 1 aliphatic rings. The summed E-state index contributed by atoms with van der Waals surface area (Å²) in [5, 5.41) is 6.44. The normalized spacial score (nSPS) is 23.7. The second kappa shape index (κ2) is 5.46. The Morgan fingerprint density at radius 1 is 1.00 bits per heavy atom. The van der Waals surface area contributed by atoms with Crippen LogP contribution in [-0.2, 0) is 0 Å². The Bertz CT molecular complexity index is 89.7. The molecule has 0 atom stereocenters. The summed E-state index contributed by atoms with van der Waals surface area (Å²) in [6.07, 6.45) is 0. The molecule has 1 aliphatic heterocycles. The lowest BCUT2D eigenvalue weighted by atomic mass is 10.5. The van der Waals surface area contributed by atoms with Gasteiger partial charge >= 0.3 is 0 Å². The third-order valence-electron chi connectivity index (χ3n) is 1.86. The van der Waals surface area contributed by atoms with Gasteiger partial charge < -0.3 is 10.6 Å². The zero-order chi connectivity index (χ0) is 7.94. The Morgan fingerprint density at radius 2 is 1.55 bits per heavy atom. The molecular formula is C7H16FN3. The summed E-state index contributed by atoms with van der Waals surface area (Å²) in [6.45, 7) is 5.07. The number of alkyl halides is 1. The molecule has 2 N–H and O–H groups in total. The molecule has 0 radical (unpaired) electrons. The first-order valence-electron chi connectivity index (χ1n) is 4.13. The molecule has 4 heteroatoms. The zero-order valence-corrected chi connectivity index (χ0v) is 6.77. The van der Waals surface area contributed by atoms with E-state index in [1.54, 1.807) is 4.90 Å². The van der Waals surface area contributed by atoms with Gasteiger partial charge in [0.15, 0.2) is 0 Å². The first-order valence-corrected chi connectivity index (χ1v) is 4.13. The minimum atomic E-state index is -0.330. The highest BCUT2D eigenvalue weighted by atomic mass is 19.1. The van der Waals surface area contributed by atoms with Gasteiger partial charge in [0.05, 0.1) is 0 Å². The van der Waals surface area contributed by atoms with Crippen LogP contribution in [0.5, 0.6) is 0 Å². The van der Waals surface area contributed by atoms with E-state index in [9.17, 15) is 4.39 Å². The van der Waals surface area contributed by atoms with E-state index in [1.807, 2.05) is 0 Å². The van der Waals surface area contributed by atoms with Crippen molar-refractivity contribution >= 4 is 0 Å². The fraction of sp³-hybridized carbons (Fsp3) is 1.00. The van der Waals surface area contributed by atoms with Gasteiger partial charge in [0.25, 0.3) is 0 Å². The minimum absolute atomic E-state index is 0.330. The SMILES string of the molecule is FCN1CCNCCNCC1. The average molecular weight is 161 g/mol. The third-order valence-corrected chi connectivity index (χ3v) is 1.86. The topological polar surface area (TPSA) is 27.3 Å². The van der Waals surface area contributed by atoms with Crippen molar-refractivity contribution in [2.45, 2.75) is 0 Å². The fourth-order valence-electron chi connectivity index (χ4n) is 1.13. The smallest absolute Gasteiger partial charge is 0.143 e. The number of halogens is 1. The number of rotatable bonds is 1. The van der Waals surface area contributed by atoms with E-state index in [2.05, 4.69) is 10.6 Å². The number of hydrogen-bond donors (Lipinski definition) is 2. The van der Waals surface area contributed by atoms with Crippen molar-refractivity contribution in [3.8, 4) is 0 Å². The van der Waals surface area contributed by atoms with Gasteiger partial charge in [-0.3, -0.25) is 4.90 Å². The van der Waals surface area contributed by atoms with E-state index in [4.69, 9.17) is 0 Å². The van der Waals surface area contributed by atoms with Crippen LogP contribution in [0.15, 0.2) is 0 Å². The predicted octanol–water partition coefficient (Wildman–Crippen LogP) is -0.592. The maximum atomic E-state index is 12.2. The second-order valence-corrected chi connectivity index (χ2v) is 2.74. The summed E-state index contributed by atoms with van der Waals surface area (Å²) in [5.74, 6) is 0. The van der Waals surface area contributed by atoms with Gasteiger partial charge in [-0.2, -0.15) is 0 Å². The Balaban J connectivity index is 2.19. The highest BCUT2D eigenvalue weighted by molar-refractivity contribution is 4.62. The van der Waals surface area contributed by atoms with Gasteiger partial charge in [0, 0.05) is 39.3 Å². The van der Waals surface area contributed by atoms with Crippen LogP contribution in [0.25, 0.3) is 0 Å². The summed E-state index contributed by atoms with van der Waals surface area (Å²) < 4.78 is 12.2. The van der Waals surface area contributed by atoms with Gasteiger partial charge in [-0.1, -0.05) is 0 Å². The molecule has 11 heavy (non-hydrogen) atoms. The zero-order valence-electron chi connectivity index (χ0n) is 6.77. The van der Waals surface area contributed by atoms with Gasteiger partial charge in [0.2, 0.25) is 0 Å². The number of nitrogens with zero attached hydrogens (tertiary/aromatic N) is 1. The third kappa shape index (κ3) is 3.65. The summed E-state index contributed by atoms with van der Waals surface area (Å²) in [5.41, 5.74) is 0. The Morgan fingerprint density at radius 3 is 2.00 bits per heavy atom. The van der Waals surface area contributed by atoms with Crippen LogP contribution in [0.1, 0.15) is 0 Å². The van der Waals surface area contributed by atoms with Crippen molar-refractivity contribution in [3.05, 3.63) is 0 Å². The monoisotopic (exact) mass is 161 g/mol. The summed E-state index contributed by atoms with van der Waals surface area (Å²) in [4.78, 5) is 1.80. The molecular weight excluding hydrogens is 145 g/mol. The quantitative estimate of drug-likeness (QED) is 0.503. The van der Waals surface area contributed by atoms with Crippen molar-refractivity contribution in [2.75, 3.05) is 46.1 Å². The minimum Gasteiger partial charge on any atom is -0.314 e. The molecule has 0 saturated carbocycles. The number of nitrogens with one attached hydrogen (secondary N) is 2. The predicted molar refractivity (Wildman–Crippen MR) is 43.3 cm³/mol. The lowest BCUT2D eigenvalue weighted by Crippen LogP contribution is -2.33. The van der Waals surface area contributed by atoms with Crippen LogP contribution >= 0.6 is 0 Å². The largest absolute Gasteiger partial charge is 0.314 e.